The molecule has 0 bridgehead atoms. The Morgan fingerprint density at radius 3 is 1.69 bits per heavy atom. The fraction of sp³-hybridized carbons (Fsp3) is 0.667. The average molecular weight is 221 g/mol. The molecule has 0 heterocycles. The highest BCUT2D eigenvalue weighted by atomic mass is 32.2. The number of nitrogens with two attached hydrogens (primary N) is 2. The number of hydrogen-bond acceptors (Lipinski definition) is 5. The van der Waals surface area contributed by atoms with Crippen LogP contribution in [-0.4, -0.2) is 34.9 Å². The first-order valence-electron chi connectivity index (χ1n) is 3.77. The van der Waals surface area contributed by atoms with Gasteiger partial charge in [-0.1, -0.05) is 23.5 Å². The molecule has 0 atom stereocenters. The summed E-state index contributed by atoms with van der Waals surface area (Å²) in [5, 5.41) is 17.3. The second kappa shape index (κ2) is 8.21. The van der Waals surface area contributed by atoms with Gasteiger partial charge in [-0.05, 0) is 0 Å². The van der Waals surface area contributed by atoms with E-state index in [-0.39, 0.29) is 10.3 Å². The van der Waals surface area contributed by atoms with Crippen molar-refractivity contribution < 1.29 is 0 Å². The summed E-state index contributed by atoms with van der Waals surface area (Å²) in [7, 11) is 0. The molecule has 0 saturated heterocycles. The highest BCUT2D eigenvalue weighted by Crippen LogP contribution is 1.96. The molecule has 0 aromatic rings. The van der Waals surface area contributed by atoms with Crippen LogP contribution in [0.3, 0.4) is 0 Å². The third kappa shape index (κ3) is 11.6. The number of nitrogens with one attached hydrogen (secondary N) is 3. The van der Waals surface area contributed by atoms with Crippen LogP contribution in [0.4, 0.5) is 0 Å². The summed E-state index contributed by atoms with van der Waals surface area (Å²) in [4.78, 5) is 0. The molecule has 5 nitrogen and oxygen atoms in total. The van der Waals surface area contributed by atoms with Gasteiger partial charge in [0.15, 0.2) is 10.3 Å². The standard InChI is InChI=1S/C6H15N5S2/c7-5(8)12-3-1-11-2-4-13-6(9)10/h11H,1-4H2,(H3,7,8)(H3,9,10). The molecule has 0 saturated carbocycles. The highest BCUT2D eigenvalue weighted by molar-refractivity contribution is 8.13. The first-order valence-corrected chi connectivity index (χ1v) is 5.74. The first kappa shape index (κ1) is 12.6. The van der Waals surface area contributed by atoms with E-state index in [2.05, 4.69) is 5.32 Å². The molecular weight excluding hydrogens is 206 g/mol. The predicted molar refractivity (Wildman–Crippen MR) is 61.6 cm³/mol. The van der Waals surface area contributed by atoms with Gasteiger partial charge in [0.05, 0.1) is 0 Å². The zero-order chi connectivity index (χ0) is 10.1. The molecule has 13 heavy (non-hydrogen) atoms. The van der Waals surface area contributed by atoms with Crippen molar-refractivity contribution >= 4 is 33.9 Å². The van der Waals surface area contributed by atoms with E-state index in [1.807, 2.05) is 0 Å². The van der Waals surface area contributed by atoms with Crippen LogP contribution in [0.1, 0.15) is 0 Å². The van der Waals surface area contributed by atoms with E-state index in [1.165, 1.54) is 23.5 Å². The number of hydrogen-bond donors (Lipinski definition) is 5. The molecule has 0 aromatic carbocycles. The highest BCUT2D eigenvalue weighted by Gasteiger charge is 1.92. The molecule has 0 fully saturated rings. The maximum atomic E-state index is 6.93. The minimum absolute atomic E-state index is 0.153. The smallest absolute Gasteiger partial charge is 0.151 e. The molecule has 0 aliphatic rings. The van der Waals surface area contributed by atoms with E-state index in [0.29, 0.717) is 0 Å². The van der Waals surface area contributed by atoms with Gasteiger partial charge in [-0.2, -0.15) is 0 Å². The van der Waals surface area contributed by atoms with Crippen LogP contribution >= 0.6 is 23.5 Å². The quantitative estimate of drug-likeness (QED) is 0.243. The van der Waals surface area contributed by atoms with E-state index >= 15 is 0 Å². The zero-order valence-electron chi connectivity index (χ0n) is 7.30. The summed E-state index contributed by atoms with van der Waals surface area (Å²) >= 11 is 2.64. The lowest BCUT2D eigenvalue weighted by atomic mass is 10.7. The Kier molecular flexibility index (Phi) is 7.96. The average Bonchev–Trinajstić information content (AvgIpc) is 2.01. The van der Waals surface area contributed by atoms with Crippen molar-refractivity contribution in [2.24, 2.45) is 11.5 Å². The molecular formula is C6H15N5S2. The molecule has 0 rings (SSSR count). The lowest BCUT2D eigenvalue weighted by Crippen LogP contribution is -2.22. The molecule has 0 aromatic heterocycles. The van der Waals surface area contributed by atoms with Crippen molar-refractivity contribution in [3.05, 3.63) is 0 Å². The van der Waals surface area contributed by atoms with Gasteiger partial charge in [0.1, 0.15) is 0 Å². The molecule has 0 amide bonds. The first-order chi connectivity index (χ1) is 6.13. The van der Waals surface area contributed by atoms with Crippen LogP contribution in [0.15, 0.2) is 0 Å². The van der Waals surface area contributed by atoms with Gasteiger partial charge in [-0.3, -0.25) is 10.8 Å². The van der Waals surface area contributed by atoms with Crippen molar-refractivity contribution in [2.75, 3.05) is 24.6 Å². The summed E-state index contributed by atoms with van der Waals surface area (Å²) in [5.41, 5.74) is 10.3. The van der Waals surface area contributed by atoms with Crippen molar-refractivity contribution in [1.82, 2.24) is 5.32 Å². The monoisotopic (exact) mass is 221 g/mol. The Labute approximate surface area is 86.4 Å². The van der Waals surface area contributed by atoms with Crippen LogP contribution in [0.5, 0.6) is 0 Å². The van der Waals surface area contributed by atoms with Gasteiger partial charge < -0.3 is 16.8 Å². The summed E-state index contributed by atoms with van der Waals surface area (Å²) in [6, 6.07) is 0. The van der Waals surface area contributed by atoms with Crippen LogP contribution in [0.25, 0.3) is 0 Å². The van der Waals surface area contributed by atoms with Gasteiger partial charge >= 0.3 is 0 Å². The third-order valence-corrected chi connectivity index (χ3v) is 2.51. The van der Waals surface area contributed by atoms with Crippen LogP contribution in [0.2, 0.25) is 0 Å². The predicted octanol–water partition coefficient (Wildman–Crippen LogP) is -0.171. The number of amidine groups is 2. The Hall–Kier alpha value is -0.400. The van der Waals surface area contributed by atoms with Crippen molar-refractivity contribution in [1.29, 1.82) is 10.8 Å². The second-order valence-electron chi connectivity index (χ2n) is 2.18. The fourth-order valence-corrected chi connectivity index (χ4v) is 1.52. The van der Waals surface area contributed by atoms with Crippen molar-refractivity contribution in [3.63, 3.8) is 0 Å². The second-order valence-corrected chi connectivity index (χ2v) is 4.45. The Morgan fingerprint density at radius 2 is 1.38 bits per heavy atom. The van der Waals surface area contributed by atoms with Gasteiger partial charge in [0, 0.05) is 24.6 Å². The van der Waals surface area contributed by atoms with Gasteiger partial charge in [-0.25, -0.2) is 0 Å². The Morgan fingerprint density at radius 1 is 1.00 bits per heavy atom. The van der Waals surface area contributed by atoms with E-state index in [1.54, 1.807) is 0 Å². The summed E-state index contributed by atoms with van der Waals surface area (Å²) in [6.07, 6.45) is 0. The lowest BCUT2D eigenvalue weighted by molar-refractivity contribution is 0.775. The Bertz CT molecular complexity index is 154. The molecule has 0 aliphatic heterocycles. The maximum Gasteiger partial charge on any atom is 0.151 e. The minimum atomic E-state index is 0.153. The van der Waals surface area contributed by atoms with E-state index in [4.69, 9.17) is 22.3 Å². The molecule has 76 valence electrons. The molecule has 7 N–H and O–H groups in total. The Balaban J connectivity index is 3.00. The van der Waals surface area contributed by atoms with Crippen LogP contribution < -0.4 is 16.8 Å². The summed E-state index contributed by atoms with van der Waals surface area (Å²) < 4.78 is 0. The van der Waals surface area contributed by atoms with Crippen molar-refractivity contribution in [2.45, 2.75) is 0 Å². The summed E-state index contributed by atoms with van der Waals surface area (Å²) in [5.74, 6) is 1.61. The topological polar surface area (TPSA) is 112 Å². The van der Waals surface area contributed by atoms with E-state index < -0.39 is 0 Å². The minimum Gasteiger partial charge on any atom is -0.379 e. The largest absolute Gasteiger partial charge is 0.379 e. The van der Waals surface area contributed by atoms with Crippen molar-refractivity contribution in [3.8, 4) is 0 Å². The molecule has 0 spiro atoms. The van der Waals surface area contributed by atoms with E-state index in [9.17, 15) is 0 Å². The van der Waals surface area contributed by atoms with Crippen LogP contribution in [0, 0.1) is 10.8 Å². The number of thioether (sulfide) groups is 2. The van der Waals surface area contributed by atoms with Gasteiger partial charge in [0.25, 0.3) is 0 Å². The van der Waals surface area contributed by atoms with Gasteiger partial charge in [0.2, 0.25) is 0 Å². The maximum absolute atomic E-state index is 6.93. The zero-order valence-corrected chi connectivity index (χ0v) is 8.93. The van der Waals surface area contributed by atoms with Crippen LogP contribution in [-0.2, 0) is 0 Å². The molecule has 0 aliphatic carbocycles. The number of rotatable bonds is 6. The normalized spacial score (nSPS) is 9.85. The molecule has 0 unspecified atom stereocenters. The molecule has 7 heteroatoms. The third-order valence-electron chi connectivity index (χ3n) is 1.07. The van der Waals surface area contributed by atoms with E-state index in [0.717, 1.165) is 24.6 Å². The molecule has 0 radical (unpaired) electrons. The lowest BCUT2D eigenvalue weighted by Gasteiger charge is -2.02. The SMILES string of the molecule is N=C(N)SCCNCCSC(=N)N. The summed E-state index contributed by atoms with van der Waals surface area (Å²) in [6.45, 7) is 1.64. The fourth-order valence-electron chi connectivity index (χ4n) is 0.591. The van der Waals surface area contributed by atoms with Gasteiger partial charge in [-0.15, -0.1) is 0 Å².